The Balaban J connectivity index is 1.99. The topological polar surface area (TPSA) is 76.2 Å². The molecule has 1 amide bonds. The predicted molar refractivity (Wildman–Crippen MR) is 111 cm³/mol. The van der Waals surface area contributed by atoms with Crippen LogP contribution in [0.1, 0.15) is 35.0 Å². The number of carbonyl (C=O) groups excluding carboxylic acids is 1. The van der Waals surface area contributed by atoms with Crippen LogP contribution >= 0.6 is 0 Å². The van der Waals surface area contributed by atoms with Crippen molar-refractivity contribution >= 4 is 11.6 Å². The Bertz CT molecular complexity index is 1060. The highest BCUT2D eigenvalue weighted by atomic mass is 19.4. The number of methoxy groups -OCH3 is 2. The van der Waals surface area contributed by atoms with Crippen LogP contribution in [0.2, 0.25) is 0 Å². The van der Waals surface area contributed by atoms with Gasteiger partial charge in [-0.15, -0.1) is 0 Å². The second-order valence-electron chi connectivity index (χ2n) is 6.77. The number of rotatable bonds is 7. The lowest BCUT2D eigenvalue weighted by Crippen LogP contribution is -2.14. The Labute approximate surface area is 177 Å². The molecule has 0 saturated carbocycles. The Morgan fingerprint density at radius 2 is 1.81 bits per heavy atom. The largest absolute Gasteiger partial charge is 0.497 e. The summed E-state index contributed by atoms with van der Waals surface area (Å²) in [5, 5.41) is 10.1. The number of alkyl halides is 3. The van der Waals surface area contributed by atoms with Crippen molar-refractivity contribution in [1.82, 2.24) is 10.2 Å². The van der Waals surface area contributed by atoms with E-state index in [-0.39, 0.29) is 5.56 Å². The second-order valence-corrected chi connectivity index (χ2v) is 6.77. The Hall–Kier alpha value is -3.49. The van der Waals surface area contributed by atoms with Gasteiger partial charge in [-0.25, -0.2) is 0 Å². The average Bonchev–Trinajstić information content (AvgIpc) is 3.15. The minimum atomic E-state index is -4.47. The van der Waals surface area contributed by atoms with E-state index in [0.29, 0.717) is 40.6 Å². The summed E-state index contributed by atoms with van der Waals surface area (Å²) in [5.74, 6) is 0.562. The number of halogens is 3. The number of hydrogen-bond acceptors (Lipinski definition) is 4. The minimum absolute atomic E-state index is 0.0974. The van der Waals surface area contributed by atoms with Gasteiger partial charge in [-0.05, 0) is 48.9 Å². The number of aromatic amines is 1. The van der Waals surface area contributed by atoms with E-state index >= 15 is 0 Å². The summed E-state index contributed by atoms with van der Waals surface area (Å²) in [5.41, 5.74) is 1.46. The lowest BCUT2D eigenvalue weighted by Gasteiger charge is -2.12. The number of H-pyrrole nitrogens is 1. The summed E-state index contributed by atoms with van der Waals surface area (Å²) in [6.07, 6.45) is -3.06. The fraction of sp³-hybridized carbons (Fsp3) is 0.273. The molecule has 0 aliphatic rings. The molecular formula is C22H22F3N3O3. The molecule has 0 atom stereocenters. The summed E-state index contributed by atoms with van der Waals surface area (Å²) in [7, 11) is 3.05. The maximum absolute atomic E-state index is 12.8. The highest BCUT2D eigenvalue weighted by Gasteiger charge is 2.30. The number of carbonyl (C=O) groups is 1. The van der Waals surface area contributed by atoms with Crippen LogP contribution in [-0.4, -0.2) is 30.3 Å². The molecule has 2 aromatic carbocycles. The minimum Gasteiger partial charge on any atom is -0.497 e. The quantitative estimate of drug-likeness (QED) is 0.529. The predicted octanol–water partition coefficient (Wildman–Crippen LogP) is 5.32. The number of aryl methyl sites for hydroxylation is 1. The standard InChI is InChI=1S/C22H22F3N3O3/c1-4-5-17-20(26-21(29)13-6-8-14(9-7-13)22(23,24)25)19(28-27-17)16-12-15(30-2)10-11-18(16)31-3/h6-12H,4-5H2,1-3H3,(H,26,29)(H,27,28). The molecule has 1 heterocycles. The van der Waals surface area contributed by atoms with Gasteiger partial charge in [0.15, 0.2) is 0 Å². The van der Waals surface area contributed by atoms with Crippen LogP contribution in [0, 0.1) is 0 Å². The van der Waals surface area contributed by atoms with Crippen molar-refractivity contribution in [3.8, 4) is 22.8 Å². The number of hydrogen-bond donors (Lipinski definition) is 2. The van der Waals surface area contributed by atoms with Crippen molar-refractivity contribution in [3.63, 3.8) is 0 Å². The van der Waals surface area contributed by atoms with Crippen LogP contribution in [0.4, 0.5) is 18.9 Å². The van der Waals surface area contributed by atoms with Gasteiger partial charge >= 0.3 is 6.18 Å². The molecule has 0 radical (unpaired) electrons. The van der Waals surface area contributed by atoms with Gasteiger partial charge < -0.3 is 14.8 Å². The fourth-order valence-corrected chi connectivity index (χ4v) is 3.13. The molecule has 0 bridgehead atoms. The van der Waals surface area contributed by atoms with Crippen LogP contribution in [0.3, 0.4) is 0 Å². The molecule has 1 aromatic heterocycles. The molecule has 9 heteroatoms. The van der Waals surface area contributed by atoms with Crippen molar-refractivity contribution in [1.29, 1.82) is 0 Å². The monoisotopic (exact) mass is 433 g/mol. The van der Waals surface area contributed by atoms with E-state index in [1.165, 1.54) is 14.2 Å². The fourth-order valence-electron chi connectivity index (χ4n) is 3.13. The lowest BCUT2D eigenvalue weighted by molar-refractivity contribution is -0.137. The van der Waals surface area contributed by atoms with Gasteiger partial charge in [0.1, 0.15) is 17.2 Å². The van der Waals surface area contributed by atoms with E-state index in [4.69, 9.17) is 9.47 Å². The van der Waals surface area contributed by atoms with Crippen LogP contribution in [0.5, 0.6) is 11.5 Å². The summed E-state index contributed by atoms with van der Waals surface area (Å²) >= 11 is 0. The zero-order valence-electron chi connectivity index (χ0n) is 17.3. The molecule has 0 spiro atoms. The first-order valence-electron chi connectivity index (χ1n) is 9.56. The van der Waals surface area contributed by atoms with Crippen molar-refractivity contribution in [2.75, 3.05) is 19.5 Å². The summed E-state index contributed by atoms with van der Waals surface area (Å²) in [6.45, 7) is 1.98. The maximum Gasteiger partial charge on any atom is 0.416 e. The first kappa shape index (κ1) is 22.2. The van der Waals surface area contributed by atoms with Crippen LogP contribution in [0.25, 0.3) is 11.3 Å². The van der Waals surface area contributed by atoms with Crippen LogP contribution in [0.15, 0.2) is 42.5 Å². The van der Waals surface area contributed by atoms with Crippen LogP contribution in [-0.2, 0) is 12.6 Å². The third kappa shape index (κ3) is 4.82. The number of anilines is 1. The van der Waals surface area contributed by atoms with Crippen molar-refractivity contribution in [3.05, 3.63) is 59.3 Å². The highest BCUT2D eigenvalue weighted by molar-refractivity contribution is 6.06. The molecule has 3 aromatic rings. The molecule has 0 fully saturated rings. The molecule has 0 aliphatic heterocycles. The SMILES string of the molecule is CCCc1[nH]nc(-c2cc(OC)ccc2OC)c1NC(=O)c1ccc(C(F)(F)F)cc1. The van der Waals surface area contributed by atoms with E-state index in [1.807, 2.05) is 6.92 Å². The van der Waals surface area contributed by atoms with E-state index in [2.05, 4.69) is 15.5 Å². The first-order valence-corrected chi connectivity index (χ1v) is 9.56. The Morgan fingerprint density at radius 1 is 1.10 bits per heavy atom. The van der Waals surface area contributed by atoms with E-state index in [1.54, 1.807) is 18.2 Å². The first-order chi connectivity index (χ1) is 14.8. The van der Waals surface area contributed by atoms with E-state index in [9.17, 15) is 18.0 Å². The Kier molecular flexibility index (Phi) is 6.53. The third-order valence-corrected chi connectivity index (χ3v) is 4.72. The molecular weight excluding hydrogens is 411 g/mol. The van der Waals surface area contributed by atoms with Crippen molar-refractivity contribution in [2.24, 2.45) is 0 Å². The second kappa shape index (κ2) is 9.11. The number of ether oxygens (including phenoxy) is 2. The number of nitrogens with one attached hydrogen (secondary N) is 2. The molecule has 2 N–H and O–H groups in total. The van der Waals surface area contributed by atoms with Gasteiger partial charge in [-0.1, -0.05) is 13.3 Å². The van der Waals surface area contributed by atoms with Crippen LogP contribution < -0.4 is 14.8 Å². The lowest BCUT2D eigenvalue weighted by atomic mass is 10.1. The van der Waals surface area contributed by atoms with E-state index < -0.39 is 17.6 Å². The zero-order chi connectivity index (χ0) is 22.6. The average molecular weight is 433 g/mol. The van der Waals surface area contributed by atoms with Crippen molar-refractivity contribution in [2.45, 2.75) is 25.9 Å². The van der Waals surface area contributed by atoms with Gasteiger partial charge in [-0.3, -0.25) is 9.89 Å². The zero-order valence-corrected chi connectivity index (χ0v) is 17.3. The molecule has 0 aliphatic carbocycles. The molecule has 3 rings (SSSR count). The number of nitrogens with zero attached hydrogens (tertiary/aromatic N) is 1. The van der Waals surface area contributed by atoms with E-state index in [0.717, 1.165) is 30.7 Å². The van der Waals surface area contributed by atoms with Crippen molar-refractivity contribution < 1.29 is 27.4 Å². The van der Waals surface area contributed by atoms with Gasteiger partial charge in [0.2, 0.25) is 0 Å². The highest BCUT2D eigenvalue weighted by Crippen LogP contribution is 2.38. The maximum atomic E-state index is 12.8. The third-order valence-electron chi connectivity index (χ3n) is 4.72. The number of amides is 1. The molecule has 0 saturated heterocycles. The smallest absolute Gasteiger partial charge is 0.416 e. The van der Waals surface area contributed by atoms with Gasteiger partial charge in [0.25, 0.3) is 5.91 Å². The number of aromatic nitrogens is 2. The van der Waals surface area contributed by atoms with Gasteiger partial charge in [-0.2, -0.15) is 18.3 Å². The normalized spacial score (nSPS) is 11.3. The molecule has 31 heavy (non-hydrogen) atoms. The molecule has 6 nitrogen and oxygen atoms in total. The summed E-state index contributed by atoms with van der Waals surface area (Å²) < 4.78 is 49.1. The van der Waals surface area contributed by atoms with Gasteiger partial charge in [0, 0.05) is 11.1 Å². The Morgan fingerprint density at radius 3 is 2.39 bits per heavy atom. The molecule has 164 valence electrons. The van der Waals surface area contributed by atoms with Gasteiger partial charge in [0.05, 0.1) is 31.2 Å². The molecule has 0 unspecified atom stereocenters. The summed E-state index contributed by atoms with van der Waals surface area (Å²) in [4.78, 5) is 12.8. The number of benzene rings is 2. The summed E-state index contributed by atoms with van der Waals surface area (Å²) in [6, 6.07) is 9.24.